The summed E-state index contributed by atoms with van der Waals surface area (Å²) in [6, 6.07) is 0. The second-order valence-corrected chi connectivity index (χ2v) is 3.06. The van der Waals surface area contributed by atoms with Gasteiger partial charge < -0.3 is 11.8 Å². The standard InChI is InChI=1S/C5H11.C4H9.Mg/c1-4-5(2)3;1-4(2)3;/h4H2,1-3H3;1-3H3;/q2*-1;+2. The van der Waals surface area contributed by atoms with E-state index in [1.165, 1.54) is 18.3 Å². The molecule has 0 spiro atoms. The fourth-order valence-electron chi connectivity index (χ4n) is 0. The van der Waals surface area contributed by atoms with E-state index in [9.17, 15) is 0 Å². The molecule has 0 aliphatic rings. The average molecular weight is 153 g/mol. The van der Waals surface area contributed by atoms with Crippen LogP contribution in [-0.2, 0) is 0 Å². The van der Waals surface area contributed by atoms with E-state index in [-0.39, 0.29) is 23.1 Å². The Labute approximate surface area is 82.9 Å². The molecule has 0 amide bonds. The molecule has 0 heterocycles. The first-order valence-electron chi connectivity index (χ1n) is 3.56. The predicted molar refractivity (Wildman–Crippen MR) is 50.9 cm³/mol. The average Bonchev–Trinajstić information content (AvgIpc) is 1.65. The van der Waals surface area contributed by atoms with Crippen LogP contribution in [0.4, 0.5) is 0 Å². The quantitative estimate of drug-likeness (QED) is 0.400. The van der Waals surface area contributed by atoms with Crippen molar-refractivity contribution in [1.82, 2.24) is 0 Å². The summed E-state index contributed by atoms with van der Waals surface area (Å²) in [6.07, 6.45) is 1.22. The first kappa shape index (κ1) is 17.0. The topological polar surface area (TPSA) is 0 Å². The molecule has 0 atom stereocenters. The van der Waals surface area contributed by atoms with Crippen LogP contribution in [0.15, 0.2) is 0 Å². The maximum Gasteiger partial charge on any atom is 2.00 e. The van der Waals surface area contributed by atoms with Crippen molar-refractivity contribution in [1.29, 1.82) is 0 Å². The molecule has 0 rings (SSSR count). The minimum atomic E-state index is 0. The zero-order valence-electron chi connectivity index (χ0n) is 8.41. The molecule has 0 bridgehead atoms. The SMILES string of the molecule is CC[C-](C)C.C[C-](C)C.[Mg+2]. The van der Waals surface area contributed by atoms with Crippen LogP contribution in [0, 0.1) is 11.8 Å². The van der Waals surface area contributed by atoms with Gasteiger partial charge in [-0.05, 0) is 0 Å². The van der Waals surface area contributed by atoms with E-state index in [0.717, 1.165) is 0 Å². The van der Waals surface area contributed by atoms with Crippen molar-refractivity contribution in [3.05, 3.63) is 11.8 Å². The normalized spacial score (nSPS) is 8.40. The second kappa shape index (κ2) is 12.4. The largest absolute Gasteiger partial charge is 2.00 e. The second-order valence-electron chi connectivity index (χ2n) is 3.06. The summed E-state index contributed by atoms with van der Waals surface area (Å²) < 4.78 is 0. The Balaban J connectivity index is -0.0000000910. The number of rotatable bonds is 1. The van der Waals surface area contributed by atoms with Gasteiger partial charge in [-0.2, -0.15) is 41.0 Å². The van der Waals surface area contributed by atoms with E-state index in [4.69, 9.17) is 0 Å². The summed E-state index contributed by atoms with van der Waals surface area (Å²) in [6.45, 7) is 12.7. The molecule has 0 aliphatic heterocycles. The van der Waals surface area contributed by atoms with E-state index in [2.05, 4.69) is 41.5 Å². The summed E-state index contributed by atoms with van der Waals surface area (Å²) in [4.78, 5) is 0. The smallest absolute Gasteiger partial charge is 0.323 e. The first-order valence-corrected chi connectivity index (χ1v) is 3.56. The minimum absolute atomic E-state index is 0. The Hall–Kier alpha value is 0.766. The Bertz CT molecular complexity index is 37.2. The monoisotopic (exact) mass is 152 g/mol. The summed E-state index contributed by atoms with van der Waals surface area (Å²) in [5.41, 5.74) is 0. The molecule has 0 aromatic carbocycles. The molecule has 0 N–H and O–H groups in total. The molecule has 10 heavy (non-hydrogen) atoms. The molecule has 1 heteroatoms. The third kappa shape index (κ3) is 69.1. The Morgan fingerprint density at radius 3 is 1.00 bits per heavy atom. The molecule has 0 radical (unpaired) electrons. The van der Waals surface area contributed by atoms with Gasteiger partial charge in [0.15, 0.2) is 0 Å². The first-order chi connectivity index (χ1) is 4.00. The fraction of sp³-hybridized carbons (Fsp3) is 0.778. The van der Waals surface area contributed by atoms with E-state index < -0.39 is 0 Å². The van der Waals surface area contributed by atoms with E-state index in [1.807, 2.05) is 0 Å². The van der Waals surface area contributed by atoms with E-state index in [1.54, 1.807) is 0 Å². The van der Waals surface area contributed by atoms with Crippen molar-refractivity contribution in [3.63, 3.8) is 0 Å². The van der Waals surface area contributed by atoms with Crippen molar-refractivity contribution in [2.75, 3.05) is 0 Å². The van der Waals surface area contributed by atoms with Gasteiger partial charge in [0.05, 0.1) is 0 Å². The zero-order chi connectivity index (χ0) is 7.86. The van der Waals surface area contributed by atoms with Crippen LogP contribution in [0.25, 0.3) is 0 Å². The van der Waals surface area contributed by atoms with Gasteiger partial charge in [0.25, 0.3) is 0 Å². The van der Waals surface area contributed by atoms with Gasteiger partial charge in [-0.1, -0.05) is 6.92 Å². The van der Waals surface area contributed by atoms with Crippen molar-refractivity contribution in [2.24, 2.45) is 0 Å². The zero-order valence-corrected chi connectivity index (χ0v) is 9.83. The number of hydrogen-bond acceptors (Lipinski definition) is 0. The van der Waals surface area contributed by atoms with Crippen molar-refractivity contribution < 1.29 is 0 Å². The van der Waals surface area contributed by atoms with Crippen LogP contribution in [0.1, 0.15) is 48.0 Å². The van der Waals surface area contributed by atoms with E-state index in [0.29, 0.717) is 0 Å². The molecule has 0 aliphatic carbocycles. The molecule has 0 nitrogen and oxygen atoms in total. The summed E-state index contributed by atoms with van der Waals surface area (Å²) in [7, 11) is 0. The van der Waals surface area contributed by atoms with Crippen molar-refractivity contribution in [2.45, 2.75) is 48.0 Å². The maximum absolute atomic E-state index is 2.16. The van der Waals surface area contributed by atoms with Crippen LogP contribution < -0.4 is 0 Å². The molecule has 0 fully saturated rings. The Kier molecular flexibility index (Phi) is 21.2. The molecule has 0 saturated heterocycles. The number of hydrogen-bond donors (Lipinski definition) is 0. The molecular formula is C9H20Mg. The van der Waals surface area contributed by atoms with Gasteiger partial charge in [0, 0.05) is 0 Å². The molecule has 0 aromatic heterocycles. The Morgan fingerprint density at radius 1 is 0.900 bits per heavy atom. The minimum Gasteiger partial charge on any atom is -0.323 e. The fourth-order valence-corrected chi connectivity index (χ4v) is 0. The van der Waals surface area contributed by atoms with Gasteiger partial charge in [-0.15, -0.1) is 0 Å². The Morgan fingerprint density at radius 2 is 1.00 bits per heavy atom. The van der Waals surface area contributed by atoms with Crippen LogP contribution >= 0.6 is 0 Å². The summed E-state index contributed by atoms with van der Waals surface area (Å²) in [5, 5.41) is 0. The van der Waals surface area contributed by atoms with Crippen LogP contribution in [0.2, 0.25) is 0 Å². The maximum atomic E-state index is 2.16. The predicted octanol–water partition coefficient (Wildman–Crippen LogP) is 3.25. The molecule has 0 unspecified atom stereocenters. The van der Waals surface area contributed by atoms with Crippen molar-refractivity contribution >= 4 is 23.1 Å². The van der Waals surface area contributed by atoms with Crippen LogP contribution in [0.5, 0.6) is 0 Å². The molecule has 58 valence electrons. The van der Waals surface area contributed by atoms with Gasteiger partial charge >= 0.3 is 23.1 Å². The summed E-state index contributed by atoms with van der Waals surface area (Å²) in [5.74, 6) is 2.92. The van der Waals surface area contributed by atoms with Gasteiger partial charge in [-0.25, -0.2) is 0 Å². The van der Waals surface area contributed by atoms with Crippen molar-refractivity contribution in [3.8, 4) is 0 Å². The van der Waals surface area contributed by atoms with Crippen LogP contribution in [0.3, 0.4) is 0 Å². The van der Waals surface area contributed by atoms with E-state index >= 15 is 0 Å². The third-order valence-corrected chi connectivity index (χ3v) is 0.707. The molecule has 0 aromatic rings. The van der Waals surface area contributed by atoms with Crippen LogP contribution in [-0.4, -0.2) is 23.1 Å². The van der Waals surface area contributed by atoms with Gasteiger partial charge in [-0.3, -0.25) is 0 Å². The van der Waals surface area contributed by atoms with Gasteiger partial charge in [0.2, 0.25) is 0 Å². The summed E-state index contributed by atoms with van der Waals surface area (Å²) >= 11 is 0. The third-order valence-electron chi connectivity index (χ3n) is 0.707. The molecular weight excluding hydrogens is 132 g/mol. The molecule has 0 saturated carbocycles. The van der Waals surface area contributed by atoms with Gasteiger partial charge in [0.1, 0.15) is 0 Å².